The van der Waals surface area contributed by atoms with Crippen molar-refractivity contribution in [2.24, 2.45) is 0 Å². The number of benzene rings is 1. The number of methoxy groups -OCH3 is 1. The summed E-state index contributed by atoms with van der Waals surface area (Å²) in [5, 5.41) is 9.88. The lowest BCUT2D eigenvalue weighted by Gasteiger charge is -2.37. The predicted octanol–water partition coefficient (Wildman–Crippen LogP) is 2.17. The number of hydrogen-bond donors (Lipinski definition) is 1. The fourth-order valence-electron chi connectivity index (χ4n) is 2.50. The van der Waals surface area contributed by atoms with Crippen LogP contribution in [0, 0.1) is 0 Å². The lowest BCUT2D eigenvalue weighted by Crippen LogP contribution is -2.47. The fraction of sp³-hybridized carbons (Fsp3) is 0.333. The highest BCUT2D eigenvalue weighted by Gasteiger charge is 2.21. The average molecular weight is 321 g/mol. The molecule has 0 spiro atoms. The Morgan fingerprint density at radius 2 is 1.73 bits per heavy atom. The van der Waals surface area contributed by atoms with Crippen molar-refractivity contribution in [3.05, 3.63) is 35.5 Å². The van der Waals surface area contributed by atoms with Crippen molar-refractivity contribution in [3.8, 4) is 11.8 Å². The van der Waals surface area contributed by atoms with Crippen LogP contribution < -0.4 is 14.5 Å². The Balaban J connectivity index is 1.70. The molecule has 2 aromatic rings. The van der Waals surface area contributed by atoms with Crippen molar-refractivity contribution >= 4 is 23.1 Å². The van der Waals surface area contributed by atoms with Gasteiger partial charge in [-0.25, -0.2) is 4.98 Å². The van der Waals surface area contributed by atoms with Crippen LogP contribution in [0.1, 0.15) is 0 Å². The van der Waals surface area contributed by atoms with E-state index in [1.54, 1.807) is 18.3 Å². The second-order valence-corrected chi connectivity index (χ2v) is 5.43. The van der Waals surface area contributed by atoms with Gasteiger partial charge >= 0.3 is 6.01 Å². The smallest absolute Gasteiger partial charge is 0.318 e. The molecule has 1 aromatic carbocycles. The second-order valence-electron chi connectivity index (χ2n) is 5.02. The van der Waals surface area contributed by atoms with Crippen LogP contribution in [-0.4, -0.2) is 48.4 Å². The van der Waals surface area contributed by atoms with Gasteiger partial charge in [-0.3, -0.25) is 0 Å². The predicted molar refractivity (Wildman–Crippen MR) is 86.1 cm³/mol. The molecule has 0 amide bonds. The van der Waals surface area contributed by atoms with Gasteiger partial charge in [0.1, 0.15) is 10.8 Å². The molecule has 1 aliphatic rings. The number of phenolic OH excluding ortho intramolecular Hbond substituents is 1. The van der Waals surface area contributed by atoms with Crippen LogP contribution in [0.15, 0.2) is 30.5 Å². The first-order valence-corrected chi connectivity index (χ1v) is 7.40. The van der Waals surface area contributed by atoms with Gasteiger partial charge in [-0.1, -0.05) is 11.6 Å². The van der Waals surface area contributed by atoms with Crippen molar-refractivity contribution in [2.75, 3.05) is 43.1 Å². The van der Waals surface area contributed by atoms with Crippen molar-refractivity contribution in [2.45, 2.75) is 0 Å². The molecule has 7 heteroatoms. The van der Waals surface area contributed by atoms with E-state index in [1.807, 2.05) is 12.1 Å². The summed E-state index contributed by atoms with van der Waals surface area (Å²) in [5.74, 6) is 0.987. The molecule has 1 fully saturated rings. The van der Waals surface area contributed by atoms with Crippen LogP contribution in [0.3, 0.4) is 0 Å². The highest BCUT2D eigenvalue weighted by molar-refractivity contribution is 6.32. The number of nitrogens with zero attached hydrogens (tertiary/aromatic N) is 4. The Kier molecular flexibility index (Phi) is 4.20. The Bertz CT molecular complexity index is 642. The first-order chi connectivity index (χ1) is 10.7. The molecule has 3 rings (SSSR count). The molecule has 0 atom stereocenters. The molecule has 0 saturated carbocycles. The maximum absolute atomic E-state index is 9.36. The quantitative estimate of drug-likeness (QED) is 0.935. The van der Waals surface area contributed by atoms with Gasteiger partial charge < -0.3 is 19.6 Å². The minimum absolute atomic E-state index is 0.280. The molecule has 1 aromatic heterocycles. The van der Waals surface area contributed by atoms with Gasteiger partial charge in [-0.2, -0.15) is 4.98 Å². The third-order valence-electron chi connectivity index (χ3n) is 3.68. The molecule has 22 heavy (non-hydrogen) atoms. The highest BCUT2D eigenvalue weighted by Crippen LogP contribution is 2.27. The van der Waals surface area contributed by atoms with Crippen molar-refractivity contribution in [1.29, 1.82) is 0 Å². The number of anilines is 2. The molecule has 0 unspecified atom stereocenters. The van der Waals surface area contributed by atoms with Gasteiger partial charge in [-0.05, 0) is 24.3 Å². The largest absolute Gasteiger partial charge is 0.508 e. The van der Waals surface area contributed by atoms with Crippen molar-refractivity contribution in [1.82, 2.24) is 9.97 Å². The molecule has 1 aliphatic heterocycles. The Hall–Kier alpha value is -2.21. The monoisotopic (exact) mass is 320 g/mol. The van der Waals surface area contributed by atoms with Gasteiger partial charge in [0.05, 0.1) is 13.3 Å². The molecule has 1 saturated heterocycles. The van der Waals surface area contributed by atoms with Crippen LogP contribution >= 0.6 is 11.6 Å². The van der Waals surface area contributed by atoms with Gasteiger partial charge in [0, 0.05) is 31.9 Å². The zero-order valence-corrected chi connectivity index (χ0v) is 13.0. The molecular formula is C15H17ClN4O2. The third kappa shape index (κ3) is 3.01. The lowest BCUT2D eigenvalue weighted by atomic mass is 10.2. The summed E-state index contributed by atoms with van der Waals surface area (Å²) in [4.78, 5) is 12.7. The molecule has 6 nitrogen and oxygen atoms in total. The summed E-state index contributed by atoms with van der Waals surface area (Å²) >= 11 is 6.19. The average Bonchev–Trinajstić information content (AvgIpc) is 2.56. The number of hydrogen-bond acceptors (Lipinski definition) is 6. The maximum Gasteiger partial charge on any atom is 0.318 e. The van der Waals surface area contributed by atoms with Gasteiger partial charge in [0.25, 0.3) is 0 Å². The number of ether oxygens (including phenoxy) is 1. The van der Waals surface area contributed by atoms with Crippen LogP contribution in [0.2, 0.25) is 5.02 Å². The van der Waals surface area contributed by atoms with E-state index in [0.29, 0.717) is 16.9 Å². The van der Waals surface area contributed by atoms with Gasteiger partial charge in [0.15, 0.2) is 5.82 Å². The standard InChI is InChI=1S/C15H17ClN4O2/c1-22-15-17-10-13(16)14(18-15)20-8-6-19(7-9-20)11-2-4-12(21)5-3-11/h2-5,10,21H,6-9H2,1H3. The summed E-state index contributed by atoms with van der Waals surface area (Å²) < 4.78 is 5.06. The zero-order chi connectivity index (χ0) is 15.5. The number of piperazine rings is 1. The van der Waals surface area contributed by atoms with Gasteiger partial charge in [0.2, 0.25) is 0 Å². The summed E-state index contributed by atoms with van der Waals surface area (Å²) in [6, 6.07) is 7.57. The molecule has 116 valence electrons. The SMILES string of the molecule is COc1ncc(Cl)c(N2CCN(c3ccc(O)cc3)CC2)n1. The van der Waals surface area contributed by atoms with E-state index in [4.69, 9.17) is 16.3 Å². The van der Waals surface area contributed by atoms with E-state index in [1.165, 1.54) is 7.11 Å². The van der Waals surface area contributed by atoms with Crippen LogP contribution in [0.5, 0.6) is 11.8 Å². The number of phenols is 1. The summed E-state index contributed by atoms with van der Waals surface area (Å²) in [5.41, 5.74) is 1.10. The second kappa shape index (κ2) is 6.27. The minimum Gasteiger partial charge on any atom is -0.508 e. The first-order valence-electron chi connectivity index (χ1n) is 7.03. The Morgan fingerprint density at radius 1 is 1.09 bits per heavy atom. The van der Waals surface area contributed by atoms with E-state index in [9.17, 15) is 5.11 Å². The van der Waals surface area contributed by atoms with Crippen LogP contribution in [0.25, 0.3) is 0 Å². The normalized spacial score (nSPS) is 15.0. The van der Waals surface area contributed by atoms with Crippen molar-refractivity contribution < 1.29 is 9.84 Å². The van der Waals surface area contributed by atoms with E-state index in [0.717, 1.165) is 31.9 Å². The molecule has 2 heterocycles. The molecule has 0 bridgehead atoms. The Morgan fingerprint density at radius 3 is 2.36 bits per heavy atom. The van der Waals surface area contributed by atoms with E-state index < -0.39 is 0 Å². The summed E-state index contributed by atoms with van der Waals surface area (Å²) in [6.45, 7) is 3.32. The summed E-state index contributed by atoms with van der Waals surface area (Å²) in [7, 11) is 1.54. The minimum atomic E-state index is 0.280. The number of aromatic hydroxyl groups is 1. The molecule has 1 N–H and O–H groups in total. The fourth-order valence-corrected chi connectivity index (χ4v) is 2.71. The van der Waals surface area contributed by atoms with Gasteiger partial charge in [-0.15, -0.1) is 0 Å². The number of aromatic nitrogens is 2. The van der Waals surface area contributed by atoms with E-state index in [2.05, 4.69) is 19.8 Å². The highest BCUT2D eigenvalue weighted by atomic mass is 35.5. The third-order valence-corrected chi connectivity index (χ3v) is 3.95. The van der Waals surface area contributed by atoms with Crippen LogP contribution in [-0.2, 0) is 0 Å². The molecule has 0 aliphatic carbocycles. The van der Waals surface area contributed by atoms with Crippen molar-refractivity contribution in [3.63, 3.8) is 0 Å². The van der Waals surface area contributed by atoms with E-state index >= 15 is 0 Å². The maximum atomic E-state index is 9.36. The number of rotatable bonds is 3. The van der Waals surface area contributed by atoms with Crippen LogP contribution in [0.4, 0.5) is 11.5 Å². The molecule has 0 radical (unpaired) electrons. The molecular weight excluding hydrogens is 304 g/mol. The summed E-state index contributed by atoms with van der Waals surface area (Å²) in [6.07, 6.45) is 1.56. The first kappa shape index (κ1) is 14.7. The Labute approximate surface area is 133 Å². The van der Waals surface area contributed by atoms with E-state index in [-0.39, 0.29) is 5.75 Å². The topological polar surface area (TPSA) is 61.7 Å². The lowest BCUT2D eigenvalue weighted by molar-refractivity contribution is 0.379. The zero-order valence-electron chi connectivity index (χ0n) is 12.2. The number of halogens is 1.